The maximum Gasteiger partial charge on any atom is 0.341 e. The molecule has 23 heavy (non-hydrogen) atoms. The van der Waals surface area contributed by atoms with Gasteiger partial charge in [0.1, 0.15) is 5.82 Å². The Balaban J connectivity index is 1.96. The van der Waals surface area contributed by atoms with Gasteiger partial charge in [-0.15, -0.1) is 0 Å². The van der Waals surface area contributed by atoms with Crippen molar-refractivity contribution in [3.63, 3.8) is 0 Å². The Morgan fingerprint density at radius 2 is 1.91 bits per heavy atom. The third kappa shape index (κ3) is 4.68. The Bertz CT molecular complexity index is 765. The minimum absolute atomic E-state index is 0.189. The minimum Gasteiger partial charge on any atom is -0.452 e. The number of esters is 1. The molecule has 0 spiro atoms. The van der Waals surface area contributed by atoms with Gasteiger partial charge < -0.3 is 10.1 Å². The smallest absolute Gasteiger partial charge is 0.341 e. The molecule has 2 aromatic rings. The molecule has 0 saturated heterocycles. The first-order valence-electron chi connectivity index (χ1n) is 6.55. The first-order chi connectivity index (χ1) is 10.9. The zero-order valence-corrected chi connectivity index (χ0v) is 13.5. The lowest BCUT2D eigenvalue weighted by Gasteiger charge is -2.09. The van der Waals surface area contributed by atoms with Crippen molar-refractivity contribution in [2.75, 3.05) is 11.9 Å². The Morgan fingerprint density at radius 1 is 1.17 bits per heavy atom. The second-order valence-electron chi connectivity index (χ2n) is 4.73. The third-order valence-corrected chi connectivity index (χ3v) is 3.43. The SMILES string of the molecule is Cc1ccc(NC(=O)COC(=O)c2cc(Cl)ccc2F)c(Cl)c1. The first kappa shape index (κ1) is 17.2. The van der Waals surface area contributed by atoms with Gasteiger partial charge in [0.15, 0.2) is 6.61 Å². The molecule has 0 aliphatic carbocycles. The largest absolute Gasteiger partial charge is 0.452 e. The highest BCUT2D eigenvalue weighted by atomic mass is 35.5. The summed E-state index contributed by atoms with van der Waals surface area (Å²) in [7, 11) is 0. The van der Waals surface area contributed by atoms with Crippen LogP contribution in [0.1, 0.15) is 15.9 Å². The van der Waals surface area contributed by atoms with Gasteiger partial charge in [-0.1, -0.05) is 29.3 Å². The monoisotopic (exact) mass is 355 g/mol. The van der Waals surface area contributed by atoms with E-state index in [2.05, 4.69) is 5.32 Å². The van der Waals surface area contributed by atoms with Gasteiger partial charge in [-0.05, 0) is 42.8 Å². The molecule has 7 heteroatoms. The number of hydrogen-bond donors (Lipinski definition) is 1. The number of amides is 1. The molecule has 0 unspecified atom stereocenters. The van der Waals surface area contributed by atoms with Crippen LogP contribution in [0.5, 0.6) is 0 Å². The molecule has 0 bridgehead atoms. The zero-order chi connectivity index (χ0) is 17.0. The summed E-state index contributed by atoms with van der Waals surface area (Å²) in [5, 5.41) is 3.06. The Labute approximate surface area is 142 Å². The highest BCUT2D eigenvalue weighted by Gasteiger charge is 2.16. The second kappa shape index (κ2) is 7.44. The van der Waals surface area contributed by atoms with E-state index >= 15 is 0 Å². The average Bonchev–Trinajstić information content (AvgIpc) is 2.50. The van der Waals surface area contributed by atoms with Gasteiger partial charge in [0.05, 0.1) is 16.3 Å². The molecule has 0 saturated carbocycles. The van der Waals surface area contributed by atoms with E-state index in [1.165, 1.54) is 6.07 Å². The lowest BCUT2D eigenvalue weighted by Crippen LogP contribution is -2.21. The standard InChI is InChI=1S/C16H12Cl2FNO3/c1-9-2-5-14(12(18)6-9)20-15(21)8-23-16(22)11-7-10(17)3-4-13(11)19/h2-7H,8H2,1H3,(H,20,21). The fourth-order valence-electron chi connectivity index (χ4n) is 1.77. The summed E-state index contributed by atoms with van der Waals surface area (Å²) in [4.78, 5) is 23.5. The molecule has 1 amide bonds. The number of carbonyl (C=O) groups is 2. The van der Waals surface area contributed by atoms with Gasteiger partial charge in [0, 0.05) is 5.02 Å². The highest BCUT2D eigenvalue weighted by Crippen LogP contribution is 2.22. The van der Waals surface area contributed by atoms with Gasteiger partial charge in [-0.25, -0.2) is 9.18 Å². The van der Waals surface area contributed by atoms with E-state index in [9.17, 15) is 14.0 Å². The van der Waals surface area contributed by atoms with Crippen LogP contribution in [0.25, 0.3) is 0 Å². The van der Waals surface area contributed by atoms with Crippen LogP contribution in [0.15, 0.2) is 36.4 Å². The summed E-state index contributed by atoms with van der Waals surface area (Å²) < 4.78 is 18.3. The lowest BCUT2D eigenvalue weighted by atomic mass is 10.2. The molecule has 2 rings (SSSR count). The zero-order valence-electron chi connectivity index (χ0n) is 12.0. The van der Waals surface area contributed by atoms with Crippen LogP contribution in [0, 0.1) is 12.7 Å². The van der Waals surface area contributed by atoms with Crippen LogP contribution in [-0.2, 0) is 9.53 Å². The lowest BCUT2D eigenvalue weighted by molar-refractivity contribution is -0.119. The number of hydrogen-bond acceptors (Lipinski definition) is 3. The average molecular weight is 356 g/mol. The topological polar surface area (TPSA) is 55.4 Å². The van der Waals surface area contributed by atoms with Crippen LogP contribution >= 0.6 is 23.2 Å². The Kier molecular flexibility index (Phi) is 5.58. The maximum atomic E-state index is 13.5. The predicted molar refractivity (Wildman–Crippen MR) is 86.5 cm³/mol. The van der Waals surface area contributed by atoms with E-state index in [0.717, 1.165) is 17.7 Å². The van der Waals surface area contributed by atoms with Crippen LogP contribution < -0.4 is 5.32 Å². The predicted octanol–water partition coefficient (Wildman–Crippen LogP) is 4.24. The number of benzene rings is 2. The van der Waals surface area contributed by atoms with Gasteiger partial charge in [0.25, 0.3) is 5.91 Å². The van der Waals surface area contributed by atoms with Crippen molar-refractivity contribution >= 4 is 40.8 Å². The fourth-order valence-corrected chi connectivity index (χ4v) is 2.23. The van der Waals surface area contributed by atoms with Crippen molar-refractivity contribution in [3.05, 3.63) is 63.4 Å². The minimum atomic E-state index is -0.977. The summed E-state index contributed by atoms with van der Waals surface area (Å²) in [6.07, 6.45) is 0. The van der Waals surface area contributed by atoms with Gasteiger partial charge in [-0.3, -0.25) is 4.79 Å². The molecule has 1 N–H and O–H groups in total. The number of ether oxygens (including phenoxy) is 1. The molecular formula is C16H12Cl2FNO3. The van der Waals surface area contributed by atoms with Crippen molar-refractivity contribution in [2.45, 2.75) is 6.92 Å². The number of anilines is 1. The number of aryl methyl sites for hydroxylation is 1. The molecule has 0 fully saturated rings. The van der Waals surface area contributed by atoms with Crippen molar-refractivity contribution in [2.24, 2.45) is 0 Å². The van der Waals surface area contributed by atoms with Crippen molar-refractivity contribution in [1.29, 1.82) is 0 Å². The summed E-state index contributed by atoms with van der Waals surface area (Å²) in [6.45, 7) is 1.29. The molecule has 2 aromatic carbocycles. The molecule has 0 aromatic heterocycles. The first-order valence-corrected chi connectivity index (χ1v) is 7.30. The summed E-state index contributed by atoms with van der Waals surface area (Å²) in [6, 6.07) is 8.58. The quantitative estimate of drug-likeness (QED) is 0.834. The second-order valence-corrected chi connectivity index (χ2v) is 5.58. The molecule has 0 heterocycles. The number of carbonyl (C=O) groups excluding carboxylic acids is 2. The van der Waals surface area contributed by atoms with E-state index in [1.807, 2.05) is 6.92 Å². The fraction of sp³-hybridized carbons (Fsp3) is 0.125. The molecule has 4 nitrogen and oxygen atoms in total. The van der Waals surface area contributed by atoms with Crippen LogP contribution in [0.2, 0.25) is 10.0 Å². The molecular weight excluding hydrogens is 344 g/mol. The van der Waals surface area contributed by atoms with Crippen molar-refractivity contribution in [3.8, 4) is 0 Å². The molecule has 120 valence electrons. The Morgan fingerprint density at radius 3 is 2.61 bits per heavy atom. The summed E-state index contributed by atoms with van der Waals surface area (Å²) >= 11 is 11.7. The summed E-state index contributed by atoms with van der Waals surface area (Å²) in [5.74, 6) is -2.34. The van der Waals surface area contributed by atoms with Crippen LogP contribution in [0.3, 0.4) is 0 Å². The van der Waals surface area contributed by atoms with E-state index in [0.29, 0.717) is 10.7 Å². The van der Waals surface area contributed by atoms with Crippen molar-refractivity contribution < 1.29 is 18.7 Å². The van der Waals surface area contributed by atoms with Gasteiger partial charge >= 0.3 is 5.97 Å². The number of halogens is 3. The molecule has 0 aliphatic rings. The molecule has 0 atom stereocenters. The maximum absolute atomic E-state index is 13.5. The van der Waals surface area contributed by atoms with E-state index < -0.39 is 24.3 Å². The Hall–Kier alpha value is -2.11. The van der Waals surface area contributed by atoms with Crippen molar-refractivity contribution in [1.82, 2.24) is 0 Å². The molecule has 0 aliphatic heterocycles. The van der Waals surface area contributed by atoms with Crippen LogP contribution in [-0.4, -0.2) is 18.5 Å². The molecule has 0 radical (unpaired) electrons. The number of nitrogens with one attached hydrogen (secondary N) is 1. The van der Waals surface area contributed by atoms with Crippen LogP contribution in [0.4, 0.5) is 10.1 Å². The van der Waals surface area contributed by atoms with E-state index in [-0.39, 0.29) is 10.6 Å². The van der Waals surface area contributed by atoms with Gasteiger partial charge in [0.2, 0.25) is 0 Å². The third-order valence-electron chi connectivity index (χ3n) is 2.88. The highest BCUT2D eigenvalue weighted by molar-refractivity contribution is 6.33. The number of rotatable bonds is 4. The van der Waals surface area contributed by atoms with E-state index in [1.54, 1.807) is 18.2 Å². The summed E-state index contributed by atoms with van der Waals surface area (Å²) in [5.41, 5.74) is 1.00. The normalized spacial score (nSPS) is 10.3. The van der Waals surface area contributed by atoms with E-state index in [4.69, 9.17) is 27.9 Å². The van der Waals surface area contributed by atoms with Gasteiger partial charge in [-0.2, -0.15) is 0 Å².